The van der Waals surface area contributed by atoms with Crippen molar-refractivity contribution in [2.75, 3.05) is 13.2 Å². The van der Waals surface area contributed by atoms with E-state index in [1.165, 1.54) is 0 Å². The van der Waals surface area contributed by atoms with E-state index in [-0.39, 0.29) is 30.6 Å². The molecule has 5 heteroatoms. The highest BCUT2D eigenvalue weighted by Gasteiger charge is 2.33. The van der Waals surface area contributed by atoms with Gasteiger partial charge in [0, 0.05) is 18.6 Å². The minimum Gasteiger partial charge on any atom is -0.479 e. The number of rotatable bonds is 6. The van der Waals surface area contributed by atoms with Crippen LogP contribution in [0.1, 0.15) is 38.8 Å². The fourth-order valence-corrected chi connectivity index (χ4v) is 2.74. The molecule has 22 heavy (non-hydrogen) atoms. The molecule has 1 amide bonds. The first kappa shape index (κ1) is 16.3. The molecule has 1 saturated heterocycles. The Morgan fingerprint density at radius 1 is 1.36 bits per heavy atom. The highest BCUT2D eigenvalue weighted by atomic mass is 16.5. The molecule has 2 atom stereocenters. The van der Waals surface area contributed by atoms with Crippen LogP contribution >= 0.6 is 0 Å². The van der Waals surface area contributed by atoms with Gasteiger partial charge in [-0.3, -0.25) is 10.1 Å². The normalized spacial score (nSPS) is 19.3. The number of ether oxygens (including phenoxy) is 1. The Morgan fingerprint density at radius 3 is 2.59 bits per heavy atom. The highest BCUT2D eigenvalue weighted by Crippen LogP contribution is 2.21. The molecular formula is C17H23N3O2. The summed E-state index contributed by atoms with van der Waals surface area (Å²) in [6.07, 6.45) is 0.852. The Balaban J connectivity index is 1.94. The summed E-state index contributed by atoms with van der Waals surface area (Å²) in [6.45, 7) is 7.01. The van der Waals surface area contributed by atoms with E-state index in [2.05, 4.69) is 12.2 Å². The standard InChI is InChI=1S/C17H23N3O2/c1-12(2)20-10-8-16(17(20)21)19-13(3)14-4-6-15(7-5-14)22-11-9-18/h4-7,12-13,16,19H,8,10-11H2,1-3H3/t13-,16-/m0/s1. The van der Waals surface area contributed by atoms with Crippen molar-refractivity contribution >= 4 is 5.91 Å². The molecule has 5 nitrogen and oxygen atoms in total. The van der Waals surface area contributed by atoms with Crippen molar-refractivity contribution in [1.29, 1.82) is 5.26 Å². The minimum atomic E-state index is -0.105. The summed E-state index contributed by atoms with van der Waals surface area (Å²) in [4.78, 5) is 14.2. The lowest BCUT2D eigenvalue weighted by atomic mass is 10.1. The lowest BCUT2D eigenvalue weighted by Gasteiger charge is -2.23. The number of nitrogens with zero attached hydrogens (tertiary/aromatic N) is 2. The first-order valence-electron chi connectivity index (χ1n) is 7.69. The van der Waals surface area contributed by atoms with Crippen molar-refractivity contribution in [3.05, 3.63) is 29.8 Å². The van der Waals surface area contributed by atoms with E-state index in [0.29, 0.717) is 5.75 Å². The van der Waals surface area contributed by atoms with Crippen LogP contribution in [0, 0.1) is 11.3 Å². The molecule has 1 aliphatic heterocycles. The van der Waals surface area contributed by atoms with Gasteiger partial charge < -0.3 is 9.64 Å². The number of hydrogen-bond donors (Lipinski definition) is 1. The van der Waals surface area contributed by atoms with E-state index in [0.717, 1.165) is 18.5 Å². The van der Waals surface area contributed by atoms with E-state index < -0.39 is 0 Å². The predicted octanol–water partition coefficient (Wildman–Crippen LogP) is 2.25. The lowest BCUT2D eigenvalue weighted by molar-refractivity contribution is -0.130. The Kier molecular flexibility index (Phi) is 5.40. The zero-order valence-electron chi connectivity index (χ0n) is 13.4. The summed E-state index contributed by atoms with van der Waals surface area (Å²) >= 11 is 0. The molecule has 2 rings (SSSR count). The Labute approximate surface area is 131 Å². The smallest absolute Gasteiger partial charge is 0.240 e. The van der Waals surface area contributed by atoms with Gasteiger partial charge in [-0.2, -0.15) is 5.26 Å². The van der Waals surface area contributed by atoms with E-state index in [1.807, 2.05) is 49.1 Å². The number of nitrogens with one attached hydrogen (secondary N) is 1. The zero-order chi connectivity index (χ0) is 16.1. The van der Waals surface area contributed by atoms with Gasteiger partial charge >= 0.3 is 0 Å². The summed E-state index contributed by atoms with van der Waals surface area (Å²) in [6, 6.07) is 9.81. The van der Waals surface area contributed by atoms with Crippen molar-refractivity contribution in [3.8, 4) is 11.8 Å². The molecule has 0 aliphatic carbocycles. The van der Waals surface area contributed by atoms with E-state index in [4.69, 9.17) is 10.00 Å². The maximum atomic E-state index is 12.3. The minimum absolute atomic E-state index is 0.0504. The Hall–Kier alpha value is -2.06. The first-order valence-corrected chi connectivity index (χ1v) is 7.69. The third-order valence-electron chi connectivity index (χ3n) is 4.00. The molecule has 1 aliphatic rings. The van der Waals surface area contributed by atoms with Crippen molar-refractivity contribution in [2.24, 2.45) is 0 Å². The molecular weight excluding hydrogens is 278 g/mol. The van der Waals surface area contributed by atoms with E-state index in [9.17, 15) is 4.79 Å². The van der Waals surface area contributed by atoms with Crippen LogP contribution in [-0.4, -0.2) is 36.0 Å². The number of benzene rings is 1. The van der Waals surface area contributed by atoms with Gasteiger partial charge in [0.15, 0.2) is 6.61 Å². The second-order valence-electron chi connectivity index (χ2n) is 5.87. The van der Waals surface area contributed by atoms with Crippen molar-refractivity contribution in [1.82, 2.24) is 10.2 Å². The zero-order valence-corrected chi connectivity index (χ0v) is 13.4. The second-order valence-corrected chi connectivity index (χ2v) is 5.87. The van der Waals surface area contributed by atoms with Crippen LogP contribution in [-0.2, 0) is 4.79 Å². The SMILES string of the molecule is CC(C)N1CC[C@H](N[C@@H](C)c2ccc(OCC#N)cc2)C1=O. The molecule has 0 saturated carbocycles. The van der Waals surface area contributed by atoms with Crippen LogP contribution < -0.4 is 10.1 Å². The molecule has 118 valence electrons. The van der Waals surface area contributed by atoms with Crippen LogP contribution in [0.5, 0.6) is 5.75 Å². The summed E-state index contributed by atoms with van der Waals surface area (Å²) < 4.78 is 5.24. The quantitative estimate of drug-likeness (QED) is 0.875. The van der Waals surface area contributed by atoms with Crippen LogP contribution in [0.25, 0.3) is 0 Å². The third kappa shape index (κ3) is 3.77. The largest absolute Gasteiger partial charge is 0.479 e. The third-order valence-corrected chi connectivity index (χ3v) is 4.00. The molecule has 1 heterocycles. The number of nitriles is 1. The van der Waals surface area contributed by atoms with Crippen LogP contribution in [0.2, 0.25) is 0 Å². The van der Waals surface area contributed by atoms with Gasteiger partial charge in [-0.15, -0.1) is 0 Å². The summed E-state index contributed by atoms with van der Waals surface area (Å²) in [5.41, 5.74) is 1.10. The topological polar surface area (TPSA) is 65.4 Å². The number of carbonyl (C=O) groups is 1. The molecule has 0 radical (unpaired) electrons. The van der Waals surface area contributed by atoms with Gasteiger partial charge in [0.05, 0.1) is 6.04 Å². The molecule has 0 spiro atoms. The van der Waals surface area contributed by atoms with Gasteiger partial charge in [0.25, 0.3) is 0 Å². The van der Waals surface area contributed by atoms with Gasteiger partial charge in [-0.1, -0.05) is 12.1 Å². The molecule has 1 aromatic carbocycles. The highest BCUT2D eigenvalue weighted by molar-refractivity contribution is 5.84. The second kappa shape index (κ2) is 7.28. The van der Waals surface area contributed by atoms with Gasteiger partial charge in [0.1, 0.15) is 11.8 Å². The Morgan fingerprint density at radius 2 is 2.05 bits per heavy atom. The van der Waals surface area contributed by atoms with Crippen molar-refractivity contribution in [2.45, 2.75) is 45.3 Å². The number of hydrogen-bond acceptors (Lipinski definition) is 4. The van der Waals surface area contributed by atoms with Crippen molar-refractivity contribution in [3.63, 3.8) is 0 Å². The molecule has 0 unspecified atom stereocenters. The summed E-state index contributed by atoms with van der Waals surface area (Å²) in [5.74, 6) is 0.872. The van der Waals surface area contributed by atoms with E-state index >= 15 is 0 Å². The maximum Gasteiger partial charge on any atom is 0.240 e. The fraction of sp³-hybridized carbons (Fsp3) is 0.529. The Bertz CT molecular complexity index is 548. The van der Waals surface area contributed by atoms with Crippen LogP contribution in [0.15, 0.2) is 24.3 Å². The van der Waals surface area contributed by atoms with E-state index in [1.54, 1.807) is 0 Å². The number of amides is 1. The number of carbonyl (C=O) groups excluding carboxylic acids is 1. The average Bonchev–Trinajstić information content (AvgIpc) is 2.87. The summed E-state index contributed by atoms with van der Waals surface area (Å²) in [7, 11) is 0. The van der Waals surface area contributed by atoms with Gasteiger partial charge in [0.2, 0.25) is 5.91 Å². The summed E-state index contributed by atoms with van der Waals surface area (Å²) in [5, 5.41) is 11.9. The van der Waals surface area contributed by atoms with Crippen LogP contribution in [0.4, 0.5) is 0 Å². The van der Waals surface area contributed by atoms with Gasteiger partial charge in [-0.05, 0) is 44.9 Å². The predicted molar refractivity (Wildman–Crippen MR) is 84.4 cm³/mol. The van der Waals surface area contributed by atoms with Crippen LogP contribution in [0.3, 0.4) is 0 Å². The molecule has 1 fully saturated rings. The van der Waals surface area contributed by atoms with Crippen molar-refractivity contribution < 1.29 is 9.53 Å². The average molecular weight is 301 g/mol. The molecule has 0 aromatic heterocycles. The molecule has 1 N–H and O–H groups in total. The number of likely N-dealkylation sites (tertiary alicyclic amines) is 1. The monoisotopic (exact) mass is 301 g/mol. The maximum absolute atomic E-state index is 12.3. The fourth-order valence-electron chi connectivity index (χ4n) is 2.74. The lowest BCUT2D eigenvalue weighted by Crippen LogP contribution is -2.41. The molecule has 1 aromatic rings. The molecule has 0 bridgehead atoms. The van der Waals surface area contributed by atoms with Gasteiger partial charge in [-0.25, -0.2) is 0 Å². The first-order chi connectivity index (χ1) is 10.5.